The van der Waals surface area contributed by atoms with E-state index in [9.17, 15) is 0 Å². The van der Waals surface area contributed by atoms with Crippen LogP contribution in [-0.4, -0.2) is 24.7 Å². The smallest absolute Gasteiger partial charge is 0.123 e. The molecule has 30 aromatic rings. The first-order valence-corrected chi connectivity index (χ1v) is 42.0. The zero-order chi connectivity index (χ0) is 66.6. The van der Waals surface area contributed by atoms with Crippen molar-refractivity contribution in [3.05, 3.63) is 80.4 Å². The number of likely N-dealkylation sites (tertiary alicyclic amines) is 1. The molecule has 0 amide bonds. The highest BCUT2D eigenvalue weighted by Gasteiger charge is 2.76. The first-order valence-electron chi connectivity index (χ1n) is 42.0. The van der Waals surface area contributed by atoms with Gasteiger partial charge < -0.3 is 9.47 Å². The maximum Gasteiger partial charge on any atom is 0.123 e. The van der Waals surface area contributed by atoms with E-state index in [1.807, 2.05) is 0 Å². The highest BCUT2D eigenvalue weighted by molar-refractivity contribution is 6.82. The molecule has 4 aliphatic carbocycles. The summed E-state index contributed by atoms with van der Waals surface area (Å²) in [5.41, 5.74) is 13.4. The van der Waals surface area contributed by atoms with Crippen molar-refractivity contribution in [3.63, 3.8) is 0 Å². The summed E-state index contributed by atoms with van der Waals surface area (Å²) in [4.78, 5) is 3.20. The third kappa shape index (κ3) is 4.16. The van der Waals surface area contributed by atoms with E-state index in [1.165, 1.54) is 138 Å². The van der Waals surface area contributed by atoms with E-state index in [4.69, 9.17) is 9.47 Å². The molecule has 5 aliphatic rings. The number of hydrogen-bond donors (Lipinski definition) is 0. The maximum atomic E-state index is 7.15. The minimum Gasteiger partial charge on any atom is -0.493 e. The molecule has 35 rings (SSSR count). The molecule has 0 radical (unpaired) electrons. The van der Waals surface area contributed by atoms with Crippen LogP contribution in [0.3, 0.4) is 0 Å². The number of ether oxygens (including phenoxy) is 2. The summed E-state index contributed by atoms with van der Waals surface area (Å²) in [6.07, 6.45) is 26.4. The largest absolute Gasteiger partial charge is 0.493 e. The Labute approximate surface area is 599 Å². The highest BCUT2D eigenvalue weighted by atomic mass is 16.5. The number of benzene rings is 20. The van der Waals surface area contributed by atoms with Gasteiger partial charge in [0, 0.05) is 19.2 Å². The third-order valence-electron chi connectivity index (χ3n) is 33.7. The van der Waals surface area contributed by atoms with Crippen LogP contribution >= 0.6 is 0 Å². The summed E-state index contributed by atoms with van der Waals surface area (Å²) in [5, 5.41) is 90.0. The Bertz CT molecular complexity index is 8330. The molecule has 0 N–H and O–H groups in total. The van der Waals surface area contributed by atoms with E-state index < -0.39 is 10.8 Å². The van der Waals surface area contributed by atoms with Crippen molar-refractivity contribution in [1.82, 2.24) is 4.90 Å². The van der Waals surface area contributed by atoms with Crippen molar-refractivity contribution < 1.29 is 9.47 Å². The molecule has 1 aliphatic heterocycles. The normalized spacial score (nSPS) is 19.9. The van der Waals surface area contributed by atoms with Gasteiger partial charge in [0.05, 0.1) is 30.1 Å². The Morgan fingerprint density at radius 3 is 0.762 bits per heavy atom. The van der Waals surface area contributed by atoms with Crippen LogP contribution in [0.4, 0.5) is 0 Å². The van der Waals surface area contributed by atoms with Crippen LogP contribution < -0.4 is 9.47 Å². The van der Waals surface area contributed by atoms with Gasteiger partial charge in [-0.05, 0) is 381 Å². The van der Waals surface area contributed by atoms with Gasteiger partial charge in [-0.3, -0.25) is 4.90 Å². The monoisotopic (exact) mass is 1340 g/mol. The van der Waals surface area contributed by atoms with E-state index in [0.29, 0.717) is 0 Å². The summed E-state index contributed by atoms with van der Waals surface area (Å²) < 4.78 is 14.3. The van der Waals surface area contributed by atoms with Crippen LogP contribution in [0, 0.1) is 20.8 Å². The first-order chi connectivity index (χ1) is 52.0. The predicted molar refractivity (Wildman–Crippen MR) is 449 cm³/mol. The molecule has 30 aromatic carbocycles. The fourth-order valence-electron chi connectivity index (χ4n) is 31.8. The summed E-state index contributed by atoms with van der Waals surface area (Å²) in [6, 6.07) is 12.5. The SMILES string of the molecule is CCCCCCCCCCCCOc1cc(CN2CC34c5c6c7c8c9c%10c(c%11c%12c3c3c5c5c%13c6c6c7c7c9c9c%14c%10c%10c%11c%11c%12c%12c3c3c5c5c%13c%13c6c6c7c9c7c9c%14c%10c%10c%11c%11c%12c3c3c5c5c%13c6c7c6c9c%10c%11c3c56)C84C2c2c(C)cc(C)cc2C)cc(OCCCCCCCCCCCC)c1. The van der Waals surface area contributed by atoms with Gasteiger partial charge in [-0.1, -0.05) is 147 Å². The second-order valence-electron chi connectivity index (χ2n) is 37.5. The lowest BCUT2D eigenvalue weighted by atomic mass is 9.47. The van der Waals surface area contributed by atoms with Crippen LogP contribution in [-0.2, 0) is 17.4 Å². The lowest BCUT2D eigenvalue weighted by Crippen LogP contribution is -2.52. The zero-order valence-electron chi connectivity index (χ0n) is 60.2. The van der Waals surface area contributed by atoms with Crippen LogP contribution in [0.2, 0.25) is 0 Å². The molecule has 494 valence electrons. The molecule has 0 bridgehead atoms. The molecular formula is C102H69NO2. The minimum atomic E-state index is -0.471. The second kappa shape index (κ2) is 15.0. The molecule has 1 fully saturated rings. The first kappa shape index (κ1) is 51.6. The number of rotatable bonds is 27. The molecular weight excluding hydrogens is 1270 g/mol. The van der Waals surface area contributed by atoms with Crippen molar-refractivity contribution in [2.24, 2.45) is 0 Å². The van der Waals surface area contributed by atoms with Crippen molar-refractivity contribution >= 4 is 291 Å². The van der Waals surface area contributed by atoms with E-state index in [0.717, 1.165) is 50.6 Å². The summed E-state index contributed by atoms with van der Waals surface area (Å²) >= 11 is 0. The molecule has 1 heterocycles. The summed E-state index contributed by atoms with van der Waals surface area (Å²) in [5.74, 6) is 1.98. The quantitative estimate of drug-likeness (QED) is 0.0378. The average Bonchev–Trinajstić information content (AvgIpc) is 1.38. The number of unbranched alkanes of at least 4 members (excludes halogenated alkanes) is 18. The van der Waals surface area contributed by atoms with Gasteiger partial charge in [0.25, 0.3) is 0 Å². The van der Waals surface area contributed by atoms with Crippen molar-refractivity contribution in [1.29, 1.82) is 0 Å². The van der Waals surface area contributed by atoms with Crippen molar-refractivity contribution in [3.8, 4) is 11.5 Å². The molecule has 0 aromatic heterocycles. The van der Waals surface area contributed by atoms with Gasteiger partial charge in [-0.25, -0.2) is 0 Å². The van der Waals surface area contributed by atoms with Gasteiger partial charge in [0.1, 0.15) is 11.5 Å². The molecule has 1 unspecified atom stereocenters. The fourth-order valence-corrected chi connectivity index (χ4v) is 31.8. The standard InChI is InChI=1S/C102H69NO2/c1-6-8-10-12-14-16-18-20-22-24-26-104-39-30-38(31-40(32-39)105-27-25-23-21-19-17-15-13-11-9-7-2)33-103-34-101-96-88-80-70-60-52-44-42-43-46-50-48(44)56-64-58(50)68-62-54(46)55-47(43)51-49-45(42)53(52)61-67-57(49)65-59(51)69-63(55)73-72(62)84-78(68)86-76(64)82(74(80)66(56)60)90(96)92(86)98-94(84)95-85(73)79(69)87-77(65)83-75(67)81(71(61)70)89(88)97(101)91(83)93(87)99(95)102(98,101)100(103)41-36(4)28-35(3)29-37(41)5/h28-32,100H,6-27,33-34H2,1-5H3. The van der Waals surface area contributed by atoms with Crippen LogP contribution in [0.15, 0.2) is 30.3 Å². The van der Waals surface area contributed by atoms with E-state index in [2.05, 4.69) is 69.9 Å². The molecule has 1 atom stereocenters. The van der Waals surface area contributed by atoms with Crippen LogP contribution in [0.25, 0.3) is 291 Å². The van der Waals surface area contributed by atoms with Crippen LogP contribution in [0.5, 0.6) is 11.5 Å². The van der Waals surface area contributed by atoms with E-state index in [-0.39, 0.29) is 6.04 Å². The van der Waals surface area contributed by atoms with Gasteiger partial charge in [-0.15, -0.1) is 0 Å². The predicted octanol–water partition coefficient (Wildman–Crippen LogP) is 29.1. The minimum absolute atomic E-state index is 0.0149. The van der Waals surface area contributed by atoms with Crippen molar-refractivity contribution in [2.75, 3.05) is 19.8 Å². The Morgan fingerprint density at radius 2 is 0.505 bits per heavy atom. The molecule has 0 saturated carbocycles. The Kier molecular flexibility index (Phi) is 7.38. The number of aryl methyl sites for hydroxylation is 3. The Morgan fingerprint density at radius 1 is 0.276 bits per heavy atom. The zero-order valence-corrected chi connectivity index (χ0v) is 60.2. The van der Waals surface area contributed by atoms with Gasteiger partial charge in [0.2, 0.25) is 0 Å². The Hall–Kier alpha value is -9.54. The van der Waals surface area contributed by atoms with Gasteiger partial charge in [0.15, 0.2) is 0 Å². The lowest BCUT2D eigenvalue weighted by Gasteiger charge is -2.52. The molecule has 2 spiro atoms. The maximum absolute atomic E-state index is 7.15. The molecule has 3 heteroatoms. The van der Waals surface area contributed by atoms with Crippen LogP contribution in [0.1, 0.15) is 198 Å². The van der Waals surface area contributed by atoms with E-state index in [1.54, 1.807) is 319 Å². The Balaban J connectivity index is 0.693. The molecule has 1 saturated heterocycles. The van der Waals surface area contributed by atoms with E-state index >= 15 is 0 Å². The lowest BCUT2D eigenvalue weighted by molar-refractivity contribution is 0.215. The van der Waals surface area contributed by atoms with Crippen molar-refractivity contribution in [2.45, 2.75) is 186 Å². The fraction of sp³-hybridized carbons (Fsp3) is 0.314. The van der Waals surface area contributed by atoms with Gasteiger partial charge >= 0.3 is 0 Å². The summed E-state index contributed by atoms with van der Waals surface area (Å²) in [6.45, 7) is 15.4. The number of nitrogens with zero attached hydrogens (tertiary/aromatic N) is 1. The summed E-state index contributed by atoms with van der Waals surface area (Å²) in [7, 11) is 0. The molecule has 3 nitrogen and oxygen atoms in total. The second-order valence-corrected chi connectivity index (χ2v) is 37.5. The van der Waals surface area contributed by atoms with Gasteiger partial charge in [-0.2, -0.15) is 0 Å². The topological polar surface area (TPSA) is 21.7 Å². The third-order valence-corrected chi connectivity index (χ3v) is 33.7. The highest BCUT2D eigenvalue weighted by Crippen LogP contribution is 2.87. The number of hydrogen-bond acceptors (Lipinski definition) is 3. The average molecular weight is 1340 g/mol. The molecule has 105 heavy (non-hydrogen) atoms.